The largest absolute Gasteiger partial charge is 0.388 e. The molecule has 1 aromatic heterocycles. The molecule has 0 amide bonds. The van der Waals surface area contributed by atoms with E-state index in [0.717, 1.165) is 13.0 Å². The van der Waals surface area contributed by atoms with Gasteiger partial charge in [0.15, 0.2) is 5.82 Å². The van der Waals surface area contributed by atoms with Crippen LogP contribution in [0.25, 0.3) is 0 Å². The fraction of sp³-hybridized carbons (Fsp3) is 0.750. The summed E-state index contributed by atoms with van der Waals surface area (Å²) >= 11 is 0. The molecule has 4 heteroatoms. The monoisotopic (exact) mass is 169 g/mol. The summed E-state index contributed by atoms with van der Waals surface area (Å²) < 4.78 is 1.76. The Morgan fingerprint density at radius 3 is 3.00 bits per heavy atom. The zero-order valence-electron chi connectivity index (χ0n) is 7.40. The lowest BCUT2D eigenvalue weighted by atomic mass is 10.2. The molecule has 0 aliphatic carbocycles. The third-order valence-corrected chi connectivity index (χ3v) is 1.81. The highest BCUT2D eigenvalue weighted by Gasteiger charge is 2.00. The van der Waals surface area contributed by atoms with Gasteiger partial charge in [0.1, 0.15) is 12.9 Å². The van der Waals surface area contributed by atoms with Gasteiger partial charge in [0, 0.05) is 6.54 Å². The van der Waals surface area contributed by atoms with Gasteiger partial charge in [-0.15, -0.1) is 0 Å². The van der Waals surface area contributed by atoms with Crippen molar-refractivity contribution in [2.24, 2.45) is 0 Å². The highest BCUT2D eigenvalue weighted by Crippen LogP contribution is 1.99. The molecule has 0 saturated heterocycles. The molecule has 0 unspecified atom stereocenters. The van der Waals surface area contributed by atoms with Crippen molar-refractivity contribution in [1.82, 2.24) is 14.8 Å². The minimum atomic E-state index is -0.0217. The molecule has 68 valence electrons. The molecular weight excluding hydrogens is 154 g/mol. The zero-order chi connectivity index (χ0) is 8.81. The van der Waals surface area contributed by atoms with Crippen molar-refractivity contribution in [3.05, 3.63) is 12.2 Å². The van der Waals surface area contributed by atoms with Gasteiger partial charge in [0.25, 0.3) is 0 Å². The number of aliphatic hydroxyl groups is 1. The van der Waals surface area contributed by atoms with Crippen molar-refractivity contribution >= 4 is 0 Å². The van der Waals surface area contributed by atoms with E-state index in [1.54, 1.807) is 4.68 Å². The van der Waals surface area contributed by atoms with Crippen LogP contribution in [-0.4, -0.2) is 19.9 Å². The molecule has 0 aromatic carbocycles. The van der Waals surface area contributed by atoms with Crippen molar-refractivity contribution in [3.63, 3.8) is 0 Å². The van der Waals surface area contributed by atoms with Crippen LogP contribution in [0.2, 0.25) is 0 Å². The summed E-state index contributed by atoms with van der Waals surface area (Å²) in [5.74, 6) is 0.658. The molecule has 0 bridgehead atoms. The van der Waals surface area contributed by atoms with E-state index in [0.29, 0.717) is 5.82 Å². The Morgan fingerprint density at radius 2 is 2.33 bits per heavy atom. The van der Waals surface area contributed by atoms with E-state index in [-0.39, 0.29) is 6.61 Å². The van der Waals surface area contributed by atoms with Gasteiger partial charge in [0.05, 0.1) is 0 Å². The topological polar surface area (TPSA) is 50.9 Å². The number of aromatic nitrogens is 3. The van der Waals surface area contributed by atoms with Crippen LogP contribution in [0.4, 0.5) is 0 Å². The first-order valence-electron chi connectivity index (χ1n) is 4.36. The van der Waals surface area contributed by atoms with Gasteiger partial charge in [-0.25, -0.2) is 9.67 Å². The number of hydrogen-bond donors (Lipinski definition) is 1. The average molecular weight is 169 g/mol. The molecule has 12 heavy (non-hydrogen) atoms. The van der Waals surface area contributed by atoms with E-state index in [1.165, 1.54) is 19.2 Å². The zero-order valence-corrected chi connectivity index (χ0v) is 7.40. The van der Waals surface area contributed by atoms with Gasteiger partial charge in [-0.2, -0.15) is 5.10 Å². The van der Waals surface area contributed by atoms with E-state index in [9.17, 15) is 0 Å². The molecule has 1 rings (SSSR count). The molecule has 4 nitrogen and oxygen atoms in total. The summed E-state index contributed by atoms with van der Waals surface area (Å²) in [6, 6.07) is 0. The van der Waals surface area contributed by atoms with Gasteiger partial charge in [0.2, 0.25) is 0 Å². The average Bonchev–Trinajstić information content (AvgIpc) is 2.52. The number of hydrogen-bond acceptors (Lipinski definition) is 3. The lowest BCUT2D eigenvalue weighted by Gasteiger charge is -2.02. The summed E-state index contributed by atoms with van der Waals surface area (Å²) in [4.78, 5) is 3.92. The third-order valence-electron chi connectivity index (χ3n) is 1.81. The second-order valence-electron chi connectivity index (χ2n) is 2.76. The Kier molecular flexibility index (Phi) is 3.73. The first-order valence-corrected chi connectivity index (χ1v) is 4.36. The molecule has 0 aliphatic heterocycles. The van der Waals surface area contributed by atoms with Crippen LogP contribution in [-0.2, 0) is 13.2 Å². The Labute approximate surface area is 72.2 Å². The van der Waals surface area contributed by atoms with Crippen LogP contribution >= 0.6 is 0 Å². The molecule has 0 radical (unpaired) electrons. The van der Waals surface area contributed by atoms with Gasteiger partial charge < -0.3 is 5.11 Å². The van der Waals surface area contributed by atoms with Crippen LogP contribution in [0.15, 0.2) is 6.33 Å². The summed E-state index contributed by atoms with van der Waals surface area (Å²) in [5, 5.41) is 12.8. The molecule has 1 aromatic rings. The summed E-state index contributed by atoms with van der Waals surface area (Å²) in [6.45, 7) is 3.00. The molecule has 1 N–H and O–H groups in total. The Morgan fingerprint density at radius 1 is 1.50 bits per heavy atom. The van der Waals surface area contributed by atoms with Crippen molar-refractivity contribution in [2.75, 3.05) is 0 Å². The smallest absolute Gasteiger partial charge is 0.152 e. The predicted octanol–water partition coefficient (Wildman–Crippen LogP) is 0.961. The maximum Gasteiger partial charge on any atom is 0.152 e. The second-order valence-corrected chi connectivity index (χ2v) is 2.76. The number of unbranched alkanes of at least 4 members (excludes halogenated alkanes) is 2. The fourth-order valence-electron chi connectivity index (χ4n) is 1.11. The highest BCUT2D eigenvalue weighted by atomic mass is 16.3. The fourth-order valence-corrected chi connectivity index (χ4v) is 1.11. The number of aliphatic hydroxyl groups excluding tert-OH is 1. The normalized spacial score (nSPS) is 10.5. The third kappa shape index (κ3) is 2.30. The van der Waals surface area contributed by atoms with Crippen LogP contribution in [0.1, 0.15) is 32.0 Å². The minimum Gasteiger partial charge on any atom is -0.388 e. The molecule has 0 aliphatic rings. The van der Waals surface area contributed by atoms with Gasteiger partial charge in [-0.1, -0.05) is 19.8 Å². The van der Waals surface area contributed by atoms with E-state index >= 15 is 0 Å². The Bertz CT molecular complexity index is 222. The molecule has 0 atom stereocenters. The Hall–Kier alpha value is -0.900. The maximum atomic E-state index is 8.84. The maximum absolute atomic E-state index is 8.84. The quantitative estimate of drug-likeness (QED) is 0.668. The molecular formula is C8H15N3O. The van der Waals surface area contributed by atoms with Gasteiger partial charge in [-0.3, -0.25) is 0 Å². The van der Waals surface area contributed by atoms with Gasteiger partial charge in [-0.05, 0) is 6.42 Å². The van der Waals surface area contributed by atoms with Crippen LogP contribution in [0.3, 0.4) is 0 Å². The van der Waals surface area contributed by atoms with Crippen molar-refractivity contribution < 1.29 is 5.11 Å². The lowest BCUT2D eigenvalue weighted by molar-refractivity contribution is 0.261. The minimum absolute atomic E-state index is 0.0217. The molecule has 0 spiro atoms. The van der Waals surface area contributed by atoms with Crippen LogP contribution in [0.5, 0.6) is 0 Å². The molecule has 0 fully saturated rings. The van der Waals surface area contributed by atoms with Crippen LogP contribution in [0, 0.1) is 0 Å². The van der Waals surface area contributed by atoms with E-state index < -0.39 is 0 Å². The first-order chi connectivity index (χ1) is 5.88. The molecule has 1 heterocycles. The predicted molar refractivity (Wildman–Crippen MR) is 45.5 cm³/mol. The highest BCUT2D eigenvalue weighted by molar-refractivity contribution is 4.80. The van der Waals surface area contributed by atoms with E-state index in [1.807, 2.05) is 0 Å². The standard InChI is InChI=1S/C8H15N3O/c1-2-3-4-5-11-8(6-12)9-7-10-11/h7,12H,2-6H2,1H3. The van der Waals surface area contributed by atoms with Crippen molar-refractivity contribution in [1.29, 1.82) is 0 Å². The lowest BCUT2D eigenvalue weighted by Crippen LogP contribution is -2.05. The number of nitrogens with zero attached hydrogens (tertiary/aromatic N) is 3. The molecule has 0 saturated carbocycles. The van der Waals surface area contributed by atoms with Crippen molar-refractivity contribution in [3.8, 4) is 0 Å². The second kappa shape index (κ2) is 4.87. The van der Waals surface area contributed by atoms with E-state index in [2.05, 4.69) is 17.0 Å². The summed E-state index contributed by atoms with van der Waals surface area (Å²) in [6.07, 6.45) is 4.98. The van der Waals surface area contributed by atoms with Crippen molar-refractivity contribution in [2.45, 2.75) is 39.3 Å². The summed E-state index contributed by atoms with van der Waals surface area (Å²) in [7, 11) is 0. The number of aryl methyl sites for hydroxylation is 1. The summed E-state index contributed by atoms with van der Waals surface area (Å²) in [5.41, 5.74) is 0. The van der Waals surface area contributed by atoms with Crippen LogP contribution < -0.4 is 0 Å². The van der Waals surface area contributed by atoms with E-state index in [4.69, 9.17) is 5.11 Å². The first kappa shape index (κ1) is 9.19. The Balaban J connectivity index is 2.39. The SMILES string of the molecule is CCCCCn1ncnc1CO. The number of rotatable bonds is 5. The van der Waals surface area contributed by atoms with Gasteiger partial charge >= 0.3 is 0 Å².